The molecule has 0 fully saturated rings. The van der Waals surface area contributed by atoms with Gasteiger partial charge < -0.3 is 10.5 Å². The number of nitro benzene ring substituents is 1. The van der Waals surface area contributed by atoms with Crippen LogP contribution in [0, 0.1) is 10.1 Å². The maximum atomic E-state index is 12.1. The maximum Gasteiger partial charge on any atom is 0.312 e. The van der Waals surface area contributed by atoms with Gasteiger partial charge in [0.05, 0.1) is 16.9 Å². The molecule has 0 aliphatic carbocycles. The third kappa shape index (κ3) is 3.19. The Balaban J connectivity index is 3.29. The van der Waals surface area contributed by atoms with E-state index in [1.807, 2.05) is 0 Å². The van der Waals surface area contributed by atoms with Gasteiger partial charge in [0.25, 0.3) is 0 Å². The summed E-state index contributed by atoms with van der Waals surface area (Å²) in [6, 6.07) is 3.48. The summed E-state index contributed by atoms with van der Waals surface area (Å²) >= 11 is 0. The Bertz CT molecular complexity index is 573. The molecule has 1 rings (SSSR count). The van der Waals surface area contributed by atoms with Crippen LogP contribution >= 0.6 is 0 Å². The van der Waals surface area contributed by atoms with Crippen molar-refractivity contribution in [3.05, 3.63) is 28.3 Å². The monoisotopic (exact) mass is 289 g/mol. The lowest BCUT2D eigenvalue weighted by atomic mass is 10.3. The molecule has 1 aromatic carbocycles. The largest absolute Gasteiger partial charge is 0.490 e. The summed E-state index contributed by atoms with van der Waals surface area (Å²) in [7, 11) is -1.15. The van der Waals surface area contributed by atoms with Crippen molar-refractivity contribution in [2.24, 2.45) is 5.73 Å². The Kier molecular flexibility index (Phi) is 4.81. The molecule has 9 heteroatoms. The number of nitrogens with two attached hydrogens (primary N) is 1. The lowest BCUT2D eigenvalue weighted by molar-refractivity contribution is -0.386. The number of ether oxygens (including phenoxy) is 1. The van der Waals surface area contributed by atoms with Crippen LogP contribution in [0.4, 0.5) is 5.69 Å². The molecule has 1 aromatic rings. The smallest absolute Gasteiger partial charge is 0.312 e. The van der Waals surface area contributed by atoms with Crippen LogP contribution in [-0.4, -0.2) is 44.9 Å². The van der Waals surface area contributed by atoms with Crippen molar-refractivity contribution in [2.45, 2.75) is 4.90 Å². The number of likely N-dealkylation sites (N-methyl/N-ethyl adjacent to an activating group) is 1. The average molecular weight is 289 g/mol. The Morgan fingerprint density at radius 1 is 1.47 bits per heavy atom. The second-order valence-electron chi connectivity index (χ2n) is 3.71. The van der Waals surface area contributed by atoms with E-state index in [0.717, 1.165) is 10.4 Å². The highest BCUT2D eigenvalue weighted by Gasteiger charge is 2.24. The standard InChI is InChI=1S/C10H15N3O5S/c1-12(6-5-11)19(16,17)8-3-4-10(18-2)9(7-8)13(14)15/h3-4,7H,5-6,11H2,1-2H3. The summed E-state index contributed by atoms with van der Waals surface area (Å²) in [6.07, 6.45) is 0. The van der Waals surface area contributed by atoms with Crippen LogP contribution in [0.15, 0.2) is 23.1 Å². The Morgan fingerprint density at radius 2 is 2.11 bits per heavy atom. The fraction of sp³-hybridized carbons (Fsp3) is 0.400. The molecule has 0 spiro atoms. The first-order chi connectivity index (χ1) is 8.84. The van der Waals surface area contributed by atoms with Gasteiger partial charge in [-0.3, -0.25) is 10.1 Å². The molecular formula is C10H15N3O5S. The first-order valence-electron chi connectivity index (χ1n) is 5.33. The molecule has 0 aliphatic heterocycles. The zero-order valence-corrected chi connectivity index (χ0v) is 11.4. The van der Waals surface area contributed by atoms with Gasteiger partial charge in [-0.25, -0.2) is 8.42 Å². The van der Waals surface area contributed by atoms with E-state index in [0.29, 0.717) is 0 Å². The fourth-order valence-electron chi connectivity index (χ4n) is 1.45. The second kappa shape index (κ2) is 5.95. The number of hydrogen-bond donors (Lipinski definition) is 1. The summed E-state index contributed by atoms with van der Waals surface area (Å²) in [6.45, 7) is 0.288. The lowest BCUT2D eigenvalue weighted by Crippen LogP contribution is -2.31. The molecule has 0 amide bonds. The van der Waals surface area contributed by atoms with Gasteiger partial charge in [-0.2, -0.15) is 4.31 Å². The highest BCUT2D eigenvalue weighted by molar-refractivity contribution is 7.89. The van der Waals surface area contributed by atoms with E-state index < -0.39 is 20.6 Å². The molecule has 2 N–H and O–H groups in total. The fourth-order valence-corrected chi connectivity index (χ4v) is 2.66. The molecule has 0 saturated carbocycles. The van der Waals surface area contributed by atoms with Gasteiger partial charge in [0.1, 0.15) is 0 Å². The van der Waals surface area contributed by atoms with E-state index in [2.05, 4.69) is 0 Å². The summed E-state index contributed by atoms with van der Waals surface area (Å²) in [4.78, 5) is 9.99. The van der Waals surface area contributed by atoms with E-state index in [1.165, 1.54) is 26.3 Å². The van der Waals surface area contributed by atoms with Crippen molar-refractivity contribution < 1.29 is 18.1 Å². The van der Waals surface area contributed by atoms with Crippen LogP contribution in [-0.2, 0) is 10.0 Å². The van der Waals surface area contributed by atoms with Crippen LogP contribution in [0.25, 0.3) is 0 Å². The number of hydrogen-bond acceptors (Lipinski definition) is 6. The van der Waals surface area contributed by atoms with Gasteiger partial charge in [0.2, 0.25) is 10.0 Å². The van der Waals surface area contributed by atoms with Crippen molar-refractivity contribution in [3.8, 4) is 5.75 Å². The number of methoxy groups -OCH3 is 1. The predicted molar refractivity (Wildman–Crippen MR) is 68.5 cm³/mol. The molecule has 0 atom stereocenters. The van der Waals surface area contributed by atoms with Gasteiger partial charge in [-0.05, 0) is 12.1 Å². The number of nitrogens with zero attached hydrogens (tertiary/aromatic N) is 2. The molecule has 8 nitrogen and oxygen atoms in total. The number of rotatable bonds is 6. The van der Waals surface area contributed by atoms with E-state index in [-0.39, 0.29) is 23.7 Å². The predicted octanol–water partition coefficient (Wildman–Crippen LogP) is 0.183. The van der Waals surface area contributed by atoms with Gasteiger partial charge in [-0.1, -0.05) is 0 Å². The second-order valence-corrected chi connectivity index (χ2v) is 5.75. The number of nitro groups is 1. The van der Waals surface area contributed by atoms with E-state index in [1.54, 1.807) is 0 Å². The number of benzene rings is 1. The van der Waals surface area contributed by atoms with Crippen molar-refractivity contribution in [2.75, 3.05) is 27.2 Å². The van der Waals surface area contributed by atoms with Crippen molar-refractivity contribution >= 4 is 15.7 Å². The molecule has 0 bridgehead atoms. The third-order valence-corrected chi connectivity index (χ3v) is 4.35. The molecule has 0 aliphatic rings. The molecule has 106 valence electrons. The molecule has 0 saturated heterocycles. The van der Waals surface area contributed by atoms with E-state index in [9.17, 15) is 18.5 Å². The van der Waals surface area contributed by atoms with Gasteiger partial charge in [0, 0.05) is 26.2 Å². The van der Waals surface area contributed by atoms with Crippen LogP contribution < -0.4 is 10.5 Å². The Hall–Kier alpha value is -1.71. The topological polar surface area (TPSA) is 116 Å². The van der Waals surface area contributed by atoms with Crippen LogP contribution in [0.5, 0.6) is 5.75 Å². The summed E-state index contributed by atoms with van der Waals surface area (Å²) in [5, 5.41) is 10.9. The third-order valence-electron chi connectivity index (χ3n) is 2.50. The van der Waals surface area contributed by atoms with Gasteiger partial charge in [0.15, 0.2) is 5.75 Å². The minimum absolute atomic E-state index is 0.00503. The SMILES string of the molecule is COc1ccc(S(=O)(=O)N(C)CCN)cc1[N+](=O)[O-]. The summed E-state index contributed by atoms with van der Waals surface area (Å²) in [5.74, 6) is 0.00503. The molecular weight excluding hydrogens is 274 g/mol. The molecule has 0 heterocycles. The van der Waals surface area contributed by atoms with E-state index in [4.69, 9.17) is 10.5 Å². The molecule has 0 aromatic heterocycles. The van der Waals surface area contributed by atoms with Crippen molar-refractivity contribution in [3.63, 3.8) is 0 Å². The number of sulfonamides is 1. The Morgan fingerprint density at radius 3 is 2.58 bits per heavy atom. The Labute approximate surface area is 111 Å². The van der Waals surface area contributed by atoms with Crippen LogP contribution in [0.1, 0.15) is 0 Å². The van der Waals surface area contributed by atoms with E-state index >= 15 is 0 Å². The van der Waals surface area contributed by atoms with Crippen molar-refractivity contribution in [1.82, 2.24) is 4.31 Å². The minimum Gasteiger partial charge on any atom is -0.490 e. The summed E-state index contributed by atoms with van der Waals surface area (Å²) < 4.78 is 30.1. The van der Waals surface area contributed by atoms with Gasteiger partial charge >= 0.3 is 5.69 Å². The first kappa shape index (κ1) is 15.3. The minimum atomic E-state index is -3.79. The zero-order chi connectivity index (χ0) is 14.6. The highest BCUT2D eigenvalue weighted by atomic mass is 32.2. The van der Waals surface area contributed by atoms with Gasteiger partial charge in [-0.15, -0.1) is 0 Å². The molecule has 19 heavy (non-hydrogen) atoms. The summed E-state index contributed by atoms with van der Waals surface area (Å²) in [5.41, 5.74) is 4.90. The van der Waals surface area contributed by atoms with Crippen molar-refractivity contribution in [1.29, 1.82) is 0 Å². The first-order valence-corrected chi connectivity index (χ1v) is 6.77. The van der Waals surface area contributed by atoms with Crippen LogP contribution in [0.2, 0.25) is 0 Å². The lowest BCUT2D eigenvalue weighted by Gasteiger charge is -2.16. The van der Waals surface area contributed by atoms with Crippen LogP contribution in [0.3, 0.4) is 0 Å². The molecule has 0 radical (unpaired) electrons. The molecule has 0 unspecified atom stereocenters. The maximum absolute atomic E-state index is 12.1. The highest BCUT2D eigenvalue weighted by Crippen LogP contribution is 2.30. The average Bonchev–Trinajstić information content (AvgIpc) is 2.38. The quantitative estimate of drug-likeness (QED) is 0.590. The normalized spacial score (nSPS) is 11.6. The zero-order valence-electron chi connectivity index (χ0n) is 10.6.